The molecule has 0 aliphatic carbocycles. The highest BCUT2D eigenvalue weighted by molar-refractivity contribution is 7.80. The number of rotatable bonds is 4. The number of aryl methyl sites for hydroxylation is 1. The molecule has 1 N–H and O–H groups in total. The molecule has 2 heterocycles. The van der Waals surface area contributed by atoms with Crippen molar-refractivity contribution in [3.8, 4) is 11.3 Å². The molecule has 0 radical (unpaired) electrons. The number of benzene rings is 2. The number of piperazine rings is 1. The zero-order valence-electron chi connectivity index (χ0n) is 16.3. The maximum atomic E-state index is 13.1. The van der Waals surface area contributed by atoms with Gasteiger partial charge >= 0.3 is 0 Å². The first kappa shape index (κ1) is 19.8. The topological polar surface area (TPSA) is 31.4 Å². The molecule has 7 heteroatoms. The molecular weight excluding hydrogens is 403 g/mol. The molecule has 0 bridgehead atoms. The Labute approximate surface area is 180 Å². The number of aromatic nitrogens is 1. The van der Waals surface area contributed by atoms with Crippen molar-refractivity contribution in [2.75, 3.05) is 36.4 Å². The van der Waals surface area contributed by atoms with Gasteiger partial charge in [0.25, 0.3) is 0 Å². The average molecular weight is 427 g/mol. The summed E-state index contributed by atoms with van der Waals surface area (Å²) in [6.45, 7) is 5.59. The Morgan fingerprint density at radius 1 is 1.07 bits per heavy atom. The second-order valence-electron chi connectivity index (χ2n) is 6.98. The summed E-state index contributed by atoms with van der Waals surface area (Å²) in [6, 6.07) is 14.9. The van der Waals surface area contributed by atoms with Gasteiger partial charge in [-0.25, -0.2) is 9.37 Å². The molecule has 3 aromatic rings. The summed E-state index contributed by atoms with van der Waals surface area (Å²) in [5.74, 6) is -0.230. The Balaban J connectivity index is 1.33. The van der Waals surface area contributed by atoms with E-state index in [0.29, 0.717) is 0 Å². The van der Waals surface area contributed by atoms with Crippen LogP contribution in [-0.2, 0) is 6.42 Å². The monoisotopic (exact) mass is 426 g/mol. The number of hydrogen-bond donors (Lipinski definition) is 1. The van der Waals surface area contributed by atoms with Gasteiger partial charge in [0.05, 0.1) is 5.69 Å². The van der Waals surface area contributed by atoms with Gasteiger partial charge in [-0.15, -0.1) is 11.3 Å². The van der Waals surface area contributed by atoms with Crippen molar-refractivity contribution in [2.45, 2.75) is 13.3 Å². The van der Waals surface area contributed by atoms with Crippen LogP contribution in [0.1, 0.15) is 12.5 Å². The van der Waals surface area contributed by atoms with Crippen LogP contribution in [0.3, 0.4) is 0 Å². The lowest BCUT2D eigenvalue weighted by Gasteiger charge is -2.36. The minimum atomic E-state index is -0.230. The Morgan fingerprint density at radius 3 is 2.41 bits per heavy atom. The van der Waals surface area contributed by atoms with E-state index in [1.54, 1.807) is 23.5 Å². The number of nitrogens with zero attached hydrogens (tertiary/aromatic N) is 3. The summed E-state index contributed by atoms with van der Waals surface area (Å²) in [4.78, 5) is 9.23. The van der Waals surface area contributed by atoms with E-state index in [-0.39, 0.29) is 5.82 Å². The van der Waals surface area contributed by atoms with Gasteiger partial charge in [0.2, 0.25) is 0 Å². The Kier molecular flexibility index (Phi) is 6.06. The fourth-order valence-corrected chi connectivity index (χ4v) is 4.48. The van der Waals surface area contributed by atoms with E-state index in [0.717, 1.165) is 59.8 Å². The molecule has 1 aromatic heterocycles. The first-order chi connectivity index (χ1) is 14.1. The number of thiocarbonyl (C=S) groups is 1. The van der Waals surface area contributed by atoms with Gasteiger partial charge in [0.15, 0.2) is 10.2 Å². The zero-order chi connectivity index (χ0) is 20.2. The molecular formula is C22H23FN4S2. The summed E-state index contributed by atoms with van der Waals surface area (Å²) >= 11 is 7.23. The van der Waals surface area contributed by atoms with Gasteiger partial charge in [0.1, 0.15) is 5.82 Å². The predicted octanol–water partition coefficient (Wildman–Crippen LogP) is 5.03. The average Bonchev–Trinajstić information content (AvgIpc) is 3.25. The fourth-order valence-electron chi connectivity index (χ4n) is 3.29. The van der Waals surface area contributed by atoms with Crippen LogP contribution in [0.2, 0.25) is 0 Å². The van der Waals surface area contributed by atoms with Crippen LogP contribution in [0.15, 0.2) is 53.9 Å². The van der Waals surface area contributed by atoms with Crippen LogP contribution in [0.4, 0.5) is 15.2 Å². The zero-order valence-corrected chi connectivity index (χ0v) is 17.9. The SMILES string of the molecule is CCc1ccc(NC(=S)N2CCN(c3nc(-c4ccc(F)cc4)cs3)CC2)cc1. The van der Waals surface area contributed by atoms with Gasteiger partial charge in [-0.1, -0.05) is 19.1 Å². The number of thiazole rings is 1. The van der Waals surface area contributed by atoms with Crippen molar-refractivity contribution in [3.05, 3.63) is 65.3 Å². The Morgan fingerprint density at radius 2 is 1.76 bits per heavy atom. The standard InChI is InChI=1S/C22H23FN4S2/c1-2-16-3-9-19(10-4-16)24-21(28)26-11-13-27(14-12-26)22-25-20(15-29-22)17-5-7-18(23)8-6-17/h3-10,15H,2,11-14H2,1H3,(H,24,28). The Bertz CT molecular complexity index is 961. The largest absolute Gasteiger partial charge is 0.345 e. The minimum Gasteiger partial charge on any atom is -0.345 e. The second kappa shape index (κ2) is 8.88. The van der Waals surface area contributed by atoms with E-state index in [1.165, 1.54) is 17.7 Å². The highest BCUT2D eigenvalue weighted by Gasteiger charge is 2.21. The van der Waals surface area contributed by atoms with Crippen molar-refractivity contribution < 1.29 is 4.39 Å². The summed E-state index contributed by atoms with van der Waals surface area (Å²) in [6.07, 6.45) is 1.03. The molecule has 1 saturated heterocycles. The smallest absolute Gasteiger partial charge is 0.185 e. The quantitative estimate of drug-likeness (QED) is 0.592. The third-order valence-corrected chi connectivity index (χ3v) is 6.34. The third-order valence-electron chi connectivity index (χ3n) is 5.08. The van der Waals surface area contributed by atoms with Crippen LogP contribution in [0.5, 0.6) is 0 Å². The molecule has 1 aliphatic heterocycles. The van der Waals surface area contributed by atoms with E-state index in [9.17, 15) is 4.39 Å². The maximum Gasteiger partial charge on any atom is 0.185 e. The normalized spacial score (nSPS) is 14.1. The van der Waals surface area contributed by atoms with Crippen LogP contribution in [-0.4, -0.2) is 41.2 Å². The highest BCUT2D eigenvalue weighted by atomic mass is 32.1. The van der Waals surface area contributed by atoms with Gasteiger partial charge in [-0.05, 0) is 60.6 Å². The summed E-state index contributed by atoms with van der Waals surface area (Å²) < 4.78 is 13.1. The molecule has 4 rings (SSSR count). The lowest BCUT2D eigenvalue weighted by Crippen LogP contribution is -2.50. The summed E-state index contributed by atoms with van der Waals surface area (Å²) in [5.41, 5.74) is 4.17. The molecule has 4 nitrogen and oxygen atoms in total. The second-order valence-corrected chi connectivity index (χ2v) is 8.20. The van der Waals surface area contributed by atoms with E-state index in [2.05, 4.69) is 46.3 Å². The van der Waals surface area contributed by atoms with Crippen LogP contribution in [0, 0.1) is 5.82 Å². The van der Waals surface area contributed by atoms with Crippen molar-refractivity contribution in [1.82, 2.24) is 9.88 Å². The van der Waals surface area contributed by atoms with Crippen LogP contribution in [0.25, 0.3) is 11.3 Å². The van der Waals surface area contributed by atoms with Crippen molar-refractivity contribution in [3.63, 3.8) is 0 Å². The molecule has 29 heavy (non-hydrogen) atoms. The number of halogens is 1. The lowest BCUT2D eigenvalue weighted by molar-refractivity contribution is 0.390. The molecule has 1 fully saturated rings. The van der Waals surface area contributed by atoms with Crippen molar-refractivity contribution >= 4 is 39.5 Å². The molecule has 2 aromatic carbocycles. The maximum absolute atomic E-state index is 13.1. The fraction of sp³-hybridized carbons (Fsp3) is 0.273. The molecule has 0 atom stereocenters. The molecule has 0 unspecified atom stereocenters. The van der Waals surface area contributed by atoms with E-state index < -0.39 is 0 Å². The van der Waals surface area contributed by atoms with E-state index in [1.807, 2.05) is 5.38 Å². The van der Waals surface area contributed by atoms with Gasteiger partial charge < -0.3 is 15.1 Å². The third kappa shape index (κ3) is 4.74. The summed E-state index contributed by atoms with van der Waals surface area (Å²) in [7, 11) is 0. The van der Waals surface area contributed by atoms with E-state index in [4.69, 9.17) is 17.2 Å². The van der Waals surface area contributed by atoms with Crippen LogP contribution < -0.4 is 10.2 Å². The lowest BCUT2D eigenvalue weighted by atomic mass is 10.1. The highest BCUT2D eigenvalue weighted by Crippen LogP contribution is 2.28. The number of anilines is 2. The van der Waals surface area contributed by atoms with E-state index >= 15 is 0 Å². The molecule has 1 aliphatic rings. The van der Waals surface area contributed by atoms with Crippen LogP contribution >= 0.6 is 23.6 Å². The molecule has 0 amide bonds. The van der Waals surface area contributed by atoms with Crippen molar-refractivity contribution in [2.24, 2.45) is 0 Å². The molecule has 0 saturated carbocycles. The first-order valence-corrected chi connectivity index (χ1v) is 11.0. The Hall–Kier alpha value is -2.51. The van der Waals surface area contributed by atoms with Gasteiger partial charge in [-0.3, -0.25) is 0 Å². The number of nitrogens with one attached hydrogen (secondary N) is 1. The van der Waals surface area contributed by atoms with Gasteiger partial charge in [-0.2, -0.15) is 0 Å². The predicted molar refractivity (Wildman–Crippen MR) is 123 cm³/mol. The van der Waals surface area contributed by atoms with Crippen molar-refractivity contribution in [1.29, 1.82) is 0 Å². The molecule has 0 spiro atoms. The first-order valence-electron chi connectivity index (χ1n) is 9.73. The summed E-state index contributed by atoms with van der Waals surface area (Å²) in [5, 5.41) is 7.13. The number of hydrogen-bond acceptors (Lipinski definition) is 4. The minimum absolute atomic E-state index is 0.230. The molecule has 150 valence electrons. The van der Waals surface area contributed by atoms with Gasteiger partial charge in [0, 0.05) is 42.8 Å².